The molecule has 0 spiro atoms. The highest BCUT2D eigenvalue weighted by Gasteiger charge is 2.52. The summed E-state index contributed by atoms with van der Waals surface area (Å²) in [6.07, 6.45) is 7.24. The van der Waals surface area contributed by atoms with Crippen LogP contribution < -0.4 is 5.73 Å². The van der Waals surface area contributed by atoms with Crippen LogP contribution in [0.25, 0.3) is 0 Å². The fourth-order valence-corrected chi connectivity index (χ4v) is 4.36. The summed E-state index contributed by atoms with van der Waals surface area (Å²) < 4.78 is 5.51. The minimum atomic E-state index is 0.241. The summed E-state index contributed by atoms with van der Waals surface area (Å²) in [6, 6.07) is 4.04. The van der Waals surface area contributed by atoms with Crippen molar-refractivity contribution >= 4 is 0 Å². The monoisotopic (exact) mass is 248 g/mol. The molecule has 2 saturated carbocycles. The lowest BCUT2D eigenvalue weighted by molar-refractivity contribution is 0.0337. The quantitative estimate of drug-likeness (QED) is 0.871. The summed E-state index contributed by atoms with van der Waals surface area (Å²) >= 11 is 0. The first kappa shape index (κ1) is 12.2. The van der Waals surface area contributed by atoms with Crippen LogP contribution in [0.3, 0.4) is 0 Å². The van der Waals surface area contributed by atoms with E-state index in [-0.39, 0.29) is 5.54 Å². The summed E-state index contributed by atoms with van der Waals surface area (Å²) in [5.74, 6) is 2.79. The fraction of sp³-hybridized carbons (Fsp3) is 0.733. The molecule has 1 heterocycles. The van der Waals surface area contributed by atoms with Crippen LogP contribution in [0.4, 0.5) is 0 Å². The largest absolute Gasteiger partial charge is 0.468 e. The number of fused-ring (bicyclic) bond motifs is 2. The molecule has 0 saturated heterocycles. The number of hydrogen-bond donors (Lipinski definition) is 1. The Hall–Kier alpha value is -0.800. The molecule has 2 aliphatic carbocycles. The molecule has 3 unspecified atom stereocenters. The van der Waals surface area contributed by atoms with Crippen molar-refractivity contribution in [3.05, 3.63) is 24.2 Å². The summed E-state index contributed by atoms with van der Waals surface area (Å²) in [5.41, 5.74) is 6.43. The molecule has 3 atom stereocenters. The lowest BCUT2D eigenvalue weighted by Crippen LogP contribution is -2.56. The predicted octanol–water partition coefficient (Wildman–Crippen LogP) is 2.62. The molecule has 2 fully saturated rings. The van der Waals surface area contributed by atoms with Crippen molar-refractivity contribution in [3.8, 4) is 0 Å². The molecule has 0 radical (unpaired) electrons. The maximum Gasteiger partial charge on any atom is 0.117 e. The number of likely N-dealkylation sites (N-methyl/N-ethyl adjacent to an activating group) is 1. The van der Waals surface area contributed by atoms with Crippen LogP contribution >= 0.6 is 0 Å². The second kappa shape index (κ2) is 4.71. The normalized spacial score (nSPS) is 34.6. The van der Waals surface area contributed by atoms with Crippen LogP contribution in [-0.2, 0) is 6.54 Å². The molecule has 2 bridgehead atoms. The van der Waals surface area contributed by atoms with E-state index in [4.69, 9.17) is 10.2 Å². The van der Waals surface area contributed by atoms with Gasteiger partial charge in [0, 0.05) is 12.1 Å². The first-order valence-corrected chi connectivity index (χ1v) is 7.26. The molecular weight excluding hydrogens is 224 g/mol. The van der Waals surface area contributed by atoms with Gasteiger partial charge in [0.2, 0.25) is 0 Å². The van der Waals surface area contributed by atoms with Gasteiger partial charge in [0.15, 0.2) is 0 Å². The van der Waals surface area contributed by atoms with Crippen LogP contribution in [0, 0.1) is 11.8 Å². The summed E-state index contributed by atoms with van der Waals surface area (Å²) in [7, 11) is 0. The van der Waals surface area contributed by atoms with E-state index in [1.54, 1.807) is 6.26 Å². The van der Waals surface area contributed by atoms with Crippen molar-refractivity contribution in [2.75, 3.05) is 13.1 Å². The zero-order valence-corrected chi connectivity index (χ0v) is 11.3. The summed E-state index contributed by atoms with van der Waals surface area (Å²) in [6.45, 7) is 5.00. The zero-order chi connectivity index (χ0) is 12.6. The van der Waals surface area contributed by atoms with Gasteiger partial charge < -0.3 is 10.2 Å². The van der Waals surface area contributed by atoms with Crippen molar-refractivity contribution in [1.82, 2.24) is 4.90 Å². The third-order valence-corrected chi connectivity index (χ3v) is 5.24. The number of nitrogens with two attached hydrogens (primary N) is 1. The molecule has 1 aromatic heterocycles. The van der Waals surface area contributed by atoms with Crippen molar-refractivity contribution in [2.45, 2.75) is 44.7 Å². The lowest BCUT2D eigenvalue weighted by Gasteiger charge is -2.46. The average Bonchev–Trinajstić information content (AvgIpc) is 3.11. The second-order valence-electron chi connectivity index (χ2n) is 5.98. The van der Waals surface area contributed by atoms with Crippen LogP contribution in [0.15, 0.2) is 22.8 Å². The lowest BCUT2D eigenvalue weighted by atomic mass is 9.79. The molecule has 3 heteroatoms. The molecule has 2 aliphatic rings. The molecule has 0 amide bonds. The van der Waals surface area contributed by atoms with Gasteiger partial charge in [0.05, 0.1) is 12.8 Å². The molecule has 0 aromatic carbocycles. The Morgan fingerprint density at radius 1 is 1.50 bits per heavy atom. The van der Waals surface area contributed by atoms with Crippen LogP contribution in [-0.4, -0.2) is 23.5 Å². The standard InChI is InChI=1S/C15H24N2O/c1-2-17(10-14-4-3-7-18-14)15(11-16)9-12-5-6-13(15)8-12/h3-4,7,12-13H,2,5-6,8-11,16H2,1H3. The van der Waals surface area contributed by atoms with Gasteiger partial charge >= 0.3 is 0 Å². The third kappa shape index (κ3) is 1.81. The van der Waals surface area contributed by atoms with Gasteiger partial charge in [-0.2, -0.15) is 0 Å². The van der Waals surface area contributed by atoms with E-state index in [0.717, 1.165) is 37.2 Å². The summed E-state index contributed by atoms with van der Waals surface area (Å²) in [5, 5.41) is 0. The average molecular weight is 248 g/mol. The first-order chi connectivity index (χ1) is 8.78. The number of nitrogens with zero attached hydrogens (tertiary/aromatic N) is 1. The van der Waals surface area contributed by atoms with Crippen molar-refractivity contribution in [1.29, 1.82) is 0 Å². The van der Waals surface area contributed by atoms with E-state index in [2.05, 4.69) is 17.9 Å². The Bertz CT molecular complexity index is 389. The van der Waals surface area contributed by atoms with Gasteiger partial charge in [-0.05, 0) is 49.8 Å². The molecular formula is C15H24N2O. The van der Waals surface area contributed by atoms with E-state index in [1.807, 2.05) is 6.07 Å². The second-order valence-corrected chi connectivity index (χ2v) is 5.98. The maximum absolute atomic E-state index is 6.19. The molecule has 3 rings (SSSR count). The third-order valence-electron chi connectivity index (χ3n) is 5.24. The first-order valence-electron chi connectivity index (χ1n) is 7.26. The number of rotatable bonds is 5. The van der Waals surface area contributed by atoms with Crippen molar-refractivity contribution < 1.29 is 4.42 Å². The highest BCUT2D eigenvalue weighted by atomic mass is 16.3. The highest BCUT2D eigenvalue weighted by Crippen LogP contribution is 2.53. The molecule has 1 aromatic rings. The SMILES string of the molecule is CCN(Cc1ccco1)C1(CN)CC2CCC1C2. The van der Waals surface area contributed by atoms with Crippen molar-refractivity contribution in [2.24, 2.45) is 17.6 Å². The van der Waals surface area contributed by atoms with Crippen LogP contribution in [0.5, 0.6) is 0 Å². The minimum Gasteiger partial charge on any atom is -0.468 e. The number of hydrogen-bond acceptors (Lipinski definition) is 3. The van der Waals surface area contributed by atoms with E-state index < -0.39 is 0 Å². The smallest absolute Gasteiger partial charge is 0.117 e. The molecule has 18 heavy (non-hydrogen) atoms. The molecule has 100 valence electrons. The van der Waals surface area contributed by atoms with Crippen LogP contribution in [0.1, 0.15) is 38.4 Å². The Kier molecular flexibility index (Phi) is 3.20. The van der Waals surface area contributed by atoms with E-state index in [9.17, 15) is 0 Å². The highest BCUT2D eigenvalue weighted by molar-refractivity contribution is 5.09. The Morgan fingerprint density at radius 2 is 2.39 bits per heavy atom. The minimum absolute atomic E-state index is 0.241. The Labute approximate surface area is 109 Å². The molecule has 3 nitrogen and oxygen atoms in total. The topological polar surface area (TPSA) is 42.4 Å². The van der Waals surface area contributed by atoms with Crippen LogP contribution in [0.2, 0.25) is 0 Å². The molecule has 2 N–H and O–H groups in total. The Balaban J connectivity index is 1.81. The van der Waals surface area contributed by atoms with Gasteiger partial charge in [-0.25, -0.2) is 0 Å². The maximum atomic E-state index is 6.19. The van der Waals surface area contributed by atoms with Gasteiger partial charge in [-0.1, -0.05) is 13.3 Å². The Morgan fingerprint density at radius 3 is 2.89 bits per heavy atom. The van der Waals surface area contributed by atoms with Gasteiger partial charge in [-0.3, -0.25) is 4.90 Å². The van der Waals surface area contributed by atoms with Gasteiger partial charge in [0.25, 0.3) is 0 Å². The fourth-order valence-electron chi connectivity index (χ4n) is 4.36. The zero-order valence-electron chi connectivity index (χ0n) is 11.3. The number of furan rings is 1. The van der Waals surface area contributed by atoms with E-state index in [0.29, 0.717) is 0 Å². The molecule has 0 aliphatic heterocycles. The predicted molar refractivity (Wildman–Crippen MR) is 72.0 cm³/mol. The van der Waals surface area contributed by atoms with Crippen molar-refractivity contribution in [3.63, 3.8) is 0 Å². The van der Waals surface area contributed by atoms with E-state index >= 15 is 0 Å². The van der Waals surface area contributed by atoms with E-state index in [1.165, 1.54) is 25.7 Å². The summed E-state index contributed by atoms with van der Waals surface area (Å²) in [4.78, 5) is 2.57. The van der Waals surface area contributed by atoms with Gasteiger partial charge in [0.1, 0.15) is 5.76 Å². The van der Waals surface area contributed by atoms with Gasteiger partial charge in [-0.15, -0.1) is 0 Å².